The normalized spacial score (nSPS) is 16.5. The Labute approximate surface area is 144 Å². The molecular weight excluding hydrogens is 363 g/mol. The quantitative estimate of drug-likeness (QED) is 0.645. The SMILES string of the molecule is Cl.Cl.O=[N+]([O-])c1ccc(Cl)cc1[C@H](C(F)F)N1CCNCC1. The molecule has 0 saturated carbocycles. The molecule has 0 aliphatic carbocycles. The number of nitro benzene ring substituents is 1. The fourth-order valence-corrected chi connectivity index (χ4v) is 2.56. The third-order valence-electron chi connectivity index (χ3n) is 3.29. The molecule has 10 heteroatoms. The highest BCUT2D eigenvalue weighted by Crippen LogP contribution is 2.35. The van der Waals surface area contributed by atoms with Crippen molar-refractivity contribution in [3.05, 3.63) is 38.9 Å². The van der Waals surface area contributed by atoms with Crippen LogP contribution < -0.4 is 5.32 Å². The Morgan fingerprint density at radius 3 is 2.36 bits per heavy atom. The summed E-state index contributed by atoms with van der Waals surface area (Å²) in [5.41, 5.74) is -0.349. The van der Waals surface area contributed by atoms with Crippen LogP contribution in [-0.4, -0.2) is 42.4 Å². The van der Waals surface area contributed by atoms with Crippen molar-refractivity contribution in [1.82, 2.24) is 10.2 Å². The molecule has 0 unspecified atom stereocenters. The average molecular weight is 379 g/mol. The molecule has 1 N–H and O–H groups in total. The largest absolute Gasteiger partial charge is 0.314 e. The van der Waals surface area contributed by atoms with Crippen LogP contribution >= 0.6 is 36.4 Å². The lowest BCUT2D eigenvalue weighted by molar-refractivity contribution is -0.386. The second kappa shape index (κ2) is 9.42. The van der Waals surface area contributed by atoms with Crippen molar-refractivity contribution in [1.29, 1.82) is 0 Å². The molecule has 0 spiro atoms. The maximum absolute atomic E-state index is 13.4. The number of alkyl halides is 2. The number of nitrogens with zero attached hydrogens (tertiary/aromatic N) is 2. The highest BCUT2D eigenvalue weighted by molar-refractivity contribution is 6.30. The molecule has 2 rings (SSSR count). The van der Waals surface area contributed by atoms with Crippen molar-refractivity contribution < 1.29 is 13.7 Å². The molecule has 1 fully saturated rings. The first-order valence-corrected chi connectivity index (χ1v) is 6.55. The minimum absolute atomic E-state index is 0. The van der Waals surface area contributed by atoms with Crippen LogP contribution in [0.1, 0.15) is 11.6 Å². The Morgan fingerprint density at radius 2 is 1.86 bits per heavy atom. The summed E-state index contributed by atoms with van der Waals surface area (Å²) in [7, 11) is 0. The van der Waals surface area contributed by atoms with Gasteiger partial charge in [-0.25, -0.2) is 8.78 Å². The van der Waals surface area contributed by atoms with Gasteiger partial charge in [0.15, 0.2) is 0 Å². The van der Waals surface area contributed by atoms with Crippen LogP contribution in [0.15, 0.2) is 18.2 Å². The van der Waals surface area contributed by atoms with Gasteiger partial charge in [0.25, 0.3) is 12.1 Å². The molecule has 1 aromatic carbocycles. The summed E-state index contributed by atoms with van der Waals surface area (Å²) in [6.45, 7) is 1.99. The van der Waals surface area contributed by atoms with Gasteiger partial charge in [-0.3, -0.25) is 15.0 Å². The maximum atomic E-state index is 13.4. The molecule has 0 bridgehead atoms. The van der Waals surface area contributed by atoms with Crippen LogP contribution in [0.4, 0.5) is 14.5 Å². The predicted molar refractivity (Wildman–Crippen MR) is 85.8 cm³/mol. The third kappa shape index (κ3) is 4.89. The Morgan fingerprint density at radius 1 is 1.27 bits per heavy atom. The summed E-state index contributed by atoms with van der Waals surface area (Å²) >= 11 is 5.81. The summed E-state index contributed by atoms with van der Waals surface area (Å²) in [6, 6.07) is 2.47. The zero-order chi connectivity index (χ0) is 14.7. The van der Waals surface area contributed by atoms with Crippen LogP contribution in [0.3, 0.4) is 0 Å². The predicted octanol–water partition coefficient (Wildman–Crippen LogP) is 3.30. The molecule has 0 amide bonds. The van der Waals surface area contributed by atoms with Crippen LogP contribution in [0.5, 0.6) is 0 Å². The molecular formula is C12H16Cl3F2N3O2. The fraction of sp³-hybridized carbons (Fsp3) is 0.500. The van der Waals surface area contributed by atoms with E-state index in [9.17, 15) is 18.9 Å². The van der Waals surface area contributed by atoms with Gasteiger partial charge < -0.3 is 5.32 Å². The molecule has 126 valence electrons. The van der Waals surface area contributed by atoms with E-state index in [0.717, 1.165) is 0 Å². The van der Waals surface area contributed by atoms with Crippen LogP contribution in [-0.2, 0) is 0 Å². The second-order valence-corrected chi connectivity index (χ2v) is 4.96. The summed E-state index contributed by atoms with van der Waals surface area (Å²) in [6.07, 6.45) is -2.72. The van der Waals surface area contributed by atoms with Gasteiger partial charge in [0.2, 0.25) is 0 Å². The van der Waals surface area contributed by atoms with E-state index >= 15 is 0 Å². The van der Waals surface area contributed by atoms with Crippen molar-refractivity contribution in [2.24, 2.45) is 0 Å². The molecule has 1 atom stereocenters. The van der Waals surface area contributed by atoms with E-state index in [1.54, 1.807) is 4.90 Å². The molecule has 0 aromatic heterocycles. The van der Waals surface area contributed by atoms with Gasteiger partial charge in [-0.1, -0.05) is 11.6 Å². The number of hydrogen-bond donors (Lipinski definition) is 1. The van der Waals surface area contributed by atoms with E-state index in [1.807, 2.05) is 0 Å². The van der Waals surface area contributed by atoms with Crippen molar-refractivity contribution in [3.63, 3.8) is 0 Å². The van der Waals surface area contributed by atoms with E-state index in [0.29, 0.717) is 26.2 Å². The van der Waals surface area contributed by atoms with Crippen molar-refractivity contribution >= 4 is 42.1 Å². The highest BCUT2D eigenvalue weighted by atomic mass is 35.5. The van der Waals surface area contributed by atoms with Gasteiger partial charge in [-0.05, 0) is 12.1 Å². The number of halogens is 5. The Bertz CT molecular complexity index is 503. The number of nitro groups is 1. The van der Waals surface area contributed by atoms with E-state index in [4.69, 9.17) is 11.6 Å². The lowest BCUT2D eigenvalue weighted by atomic mass is 10.0. The van der Waals surface area contributed by atoms with Gasteiger partial charge >= 0.3 is 0 Å². The van der Waals surface area contributed by atoms with E-state index in [1.165, 1.54) is 18.2 Å². The molecule has 0 radical (unpaired) electrons. The van der Waals surface area contributed by atoms with E-state index in [-0.39, 0.29) is 41.1 Å². The van der Waals surface area contributed by atoms with Crippen LogP contribution in [0.25, 0.3) is 0 Å². The smallest absolute Gasteiger partial charge is 0.274 e. The fourth-order valence-electron chi connectivity index (χ4n) is 2.38. The summed E-state index contributed by atoms with van der Waals surface area (Å²) in [4.78, 5) is 11.9. The Hall–Kier alpha value is -0.730. The Balaban J connectivity index is 0.00000220. The number of piperazine rings is 1. The lowest BCUT2D eigenvalue weighted by Gasteiger charge is -2.34. The maximum Gasteiger partial charge on any atom is 0.274 e. The monoisotopic (exact) mass is 377 g/mol. The summed E-state index contributed by atoms with van der Waals surface area (Å²) < 4.78 is 26.8. The van der Waals surface area contributed by atoms with Crippen molar-refractivity contribution in [2.75, 3.05) is 26.2 Å². The van der Waals surface area contributed by atoms with Crippen molar-refractivity contribution in [3.8, 4) is 0 Å². The zero-order valence-corrected chi connectivity index (χ0v) is 13.8. The molecule has 1 aliphatic heterocycles. The zero-order valence-electron chi connectivity index (χ0n) is 11.4. The number of benzene rings is 1. The van der Waals surface area contributed by atoms with Crippen LogP contribution in [0, 0.1) is 10.1 Å². The molecule has 1 saturated heterocycles. The van der Waals surface area contributed by atoms with Gasteiger partial charge in [0, 0.05) is 37.3 Å². The summed E-state index contributed by atoms with van der Waals surface area (Å²) in [5.74, 6) is 0. The average Bonchev–Trinajstić information content (AvgIpc) is 2.39. The minimum atomic E-state index is -2.72. The van der Waals surface area contributed by atoms with Crippen molar-refractivity contribution in [2.45, 2.75) is 12.5 Å². The van der Waals surface area contributed by atoms with Gasteiger partial charge in [0.05, 0.1) is 10.5 Å². The van der Waals surface area contributed by atoms with Crippen LogP contribution in [0.2, 0.25) is 5.02 Å². The third-order valence-corrected chi connectivity index (χ3v) is 3.52. The number of nitrogens with one attached hydrogen (secondary N) is 1. The van der Waals surface area contributed by atoms with E-state index < -0.39 is 17.4 Å². The van der Waals surface area contributed by atoms with Gasteiger partial charge in [-0.15, -0.1) is 24.8 Å². The minimum Gasteiger partial charge on any atom is -0.314 e. The standard InChI is InChI=1S/C12H14ClF2N3O2.2ClH/c13-8-1-2-10(18(19)20)9(7-8)11(12(14)15)17-5-3-16-4-6-17;;/h1-2,7,11-12,16H,3-6H2;2*1H/t11-;;/m1../s1. The van der Waals surface area contributed by atoms with Gasteiger partial charge in [-0.2, -0.15) is 0 Å². The first-order valence-electron chi connectivity index (χ1n) is 6.17. The highest BCUT2D eigenvalue weighted by Gasteiger charge is 2.35. The van der Waals surface area contributed by atoms with Gasteiger partial charge in [0.1, 0.15) is 6.04 Å². The summed E-state index contributed by atoms with van der Waals surface area (Å²) in [5, 5.41) is 14.3. The molecule has 1 aromatic rings. The molecule has 1 heterocycles. The van der Waals surface area contributed by atoms with E-state index in [2.05, 4.69) is 5.32 Å². The first kappa shape index (κ1) is 21.3. The topological polar surface area (TPSA) is 58.4 Å². The second-order valence-electron chi connectivity index (χ2n) is 4.53. The first-order chi connectivity index (χ1) is 9.50. The molecule has 1 aliphatic rings. The molecule has 22 heavy (non-hydrogen) atoms. The number of hydrogen-bond acceptors (Lipinski definition) is 4. The Kier molecular flexibility index (Phi) is 9.11. The lowest BCUT2D eigenvalue weighted by Crippen LogP contribution is -2.47. The molecule has 5 nitrogen and oxygen atoms in total. The number of rotatable bonds is 4.